The minimum atomic E-state index is -1.30. The van der Waals surface area contributed by atoms with Crippen LogP contribution in [0.2, 0.25) is 0 Å². The van der Waals surface area contributed by atoms with Crippen LogP contribution in [0.25, 0.3) is 0 Å². The van der Waals surface area contributed by atoms with E-state index < -0.39 is 29.0 Å². The first-order chi connectivity index (χ1) is 12.4. The number of nitrogens with one attached hydrogen (secondary N) is 1. The highest BCUT2D eigenvalue weighted by molar-refractivity contribution is 6.04. The van der Waals surface area contributed by atoms with Gasteiger partial charge in [0.15, 0.2) is 5.78 Å². The molecule has 0 atom stereocenters. The van der Waals surface area contributed by atoms with E-state index in [1.54, 1.807) is 26.0 Å². The molecule has 0 aliphatic heterocycles. The van der Waals surface area contributed by atoms with Gasteiger partial charge in [0.25, 0.3) is 0 Å². The van der Waals surface area contributed by atoms with Crippen molar-refractivity contribution >= 4 is 11.9 Å². The highest BCUT2D eigenvalue weighted by atomic mass is 19.1. The Balaban J connectivity index is 2.14. The van der Waals surface area contributed by atoms with Crippen LogP contribution in [0, 0.1) is 11.6 Å². The highest BCUT2D eigenvalue weighted by Crippen LogP contribution is 2.23. The summed E-state index contributed by atoms with van der Waals surface area (Å²) in [5.74, 6) is -2.25. The molecule has 0 aromatic heterocycles. The maximum absolute atomic E-state index is 13.5. The van der Waals surface area contributed by atoms with Gasteiger partial charge in [-0.1, -0.05) is 44.2 Å². The Labute approximate surface area is 151 Å². The molecule has 0 unspecified atom stereocenters. The summed E-state index contributed by atoms with van der Waals surface area (Å²) in [6.07, 6.45) is -0.260. The van der Waals surface area contributed by atoms with Crippen LogP contribution in [0.3, 0.4) is 0 Å². The second-order valence-electron chi connectivity index (χ2n) is 5.96. The molecule has 26 heavy (non-hydrogen) atoms. The van der Waals surface area contributed by atoms with Crippen molar-refractivity contribution < 1.29 is 23.1 Å². The summed E-state index contributed by atoms with van der Waals surface area (Å²) in [7, 11) is 0. The first-order valence-electron chi connectivity index (χ1n) is 8.40. The van der Waals surface area contributed by atoms with Gasteiger partial charge in [0, 0.05) is 11.6 Å². The Kier molecular flexibility index (Phi) is 6.44. The fourth-order valence-corrected chi connectivity index (χ4v) is 2.72. The van der Waals surface area contributed by atoms with E-state index in [4.69, 9.17) is 4.74 Å². The fourth-order valence-electron chi connectivity index (χ4n) is 2.72. The van der Waals surface area contributed by atoms with Crippen molar-refractivity contribution in [3.8, 4) is 0 Å². The quantitative estimate of drug-likeness (QED) is 0.732. The monoisotopic (exact) mass is 361 g/mol. The molecule has 0 fully saturated rings. The molecule has 1 N–H and O–H groups in total. The van der Waals surface area contributed by atoms with Gasteiger partial charge in [-0.2, -0.15) is 0 Å². The summed E-state index contributed by atoms with van der Waals surface area (Å²) >= 11 is 0. The van der Waals surface area contributed by atoms with Crippen molar-refractivity contribution in [2.75, 3.05) is 0 Å². The van der Waals surface area contributed by atoms with E-state index in [1.807, 2.05) is 18.2 Å². The molecule has 4 nitrogen and oxygen atoms in total. The maximum atomic E-state index is 13.5. The zero-order valence-electron chi connectivity index (χ0n) is 14.7. The smallest absolute Gasteiger partial charge is 0.408 e. The molecule has 2 rings (SSSR count). The third kappa shape index (κ3) is 4.65. The summed E-state index contributed by atoms with van der Waals surface area (Å²) < 4.78 is 32.1. The first-order valence-corrected chi connectivity index (χ1v) is 8.40. The normalized spacial score (nSPS) is 11.1. The Bertz CT molecular complexity index is 754. The second-order valence-corrected chi connectivity index (χ2v) is 5.96. The summed E-state index contributed by atoms with van der Waals surface area (Å²) in [6, 6.07) is 11.7. The number of carbonyl (C=O) groups is 2. The van der Waals surface area contributed by atoms with Crippen LogP contribution in [0.4, 0.5) is 13.6 Å². The lowest BCUT2D eigenvalue weighted by Crippen LogP contribution is -2.53. The molecule has 2 aromatic rings. The topological polar surface area (TPSA) is 55.4 Å². The number of hydrogen-bond acceptors (Lipinski definition) is 3. The molecule has 0 bridgehead atoms. The largest absolute Gasteiger partial charge is 0.445 e. The number of rotatable bonds is 7. The van der Waals surface area contributed by atoms with Gasteiger partial charge in [-0.05, 0) is 30.5 Å². The SMILES string of the molecule is CCC(CC)(NC(=O)OCc1ccccc1)C(=O)c1cc(F)cc(F)c1. The molecular formula is C20H21F2NO3. The van der Waals surface area contributed by atoms with Crippen molar-refractivity contribution in [1.82, 2.24) is 5.32 Å². The van der Waals surface area contributed by atoms with E-state index in [0.717, 1.165) is 17.7 Å². The molecule has 6 heteroatoms. The van der Waals surface area contributed by atoms with Crippen LogP contribution in [-0.4, -0.2) is 17.4 Å². The number of hydrogen-bond donors (Lipinski definition) is 1. The Morgan fingerprint density at radius 1 is 1.00 bits per heavy atom. The van der Waals surface area contributed by atoms with Crippen LogP contribution >= 0.6 is 0 Å². The molecular weight excluding hydrogens is 340 g/mol. The number of halogens is 2. The molecule has 0 radical (unpaired) electrons. The van der Waals surface area contributed by atoms with E-state index >= 15 is 0 Å². The van der Waals surface area contributed by atoms with Crippen LogP contribution in [0.15, 0.2) is 48.5 Å². The molecule has 2 aromatic carbocycles. The molecule has 138 valence electrons. The average Bonchev–Trinajstić information content (AvgIpc) is 2.64. The van der Waals surface area contributed by atoms with E-state index in [2.05, 4.69) is 5.32 Å². The van der Waals surface area contributed by atoms with Crippen molar-refractivity contribution in [1.29, 1.82) is 0 Å². The summed E-state index contributed by atoms with van der Waals surface area (Å²) in [6.45, 7) is 3.49. The van der Waals surface area contributed by atoms with E-state index in [-0.39, 0.29) is 25.0 Å². The van der Waals surface area contributed by atoms with Gasteiger partial charge in [-0.25, -0.2) is 13.6 Å². The predicted molar refractivity (Wildman–Crippen MR) is 93.8 cm³/mol. The molecule has 1 amide bonds. The van der Waals surface area contributed by atoms with Crippen LogP contribution in [0.1, 0.15) is 42.6 Å². The van der Waals surface area contributed by atoms with E-state index in [0.29, 0.717) is 6.07 Å². The molecule has 0 aliphatic carbocycles. The number of ether oxygens (including phenoxy) is 1. The molecule has 0 saturated heterocycles. The van der Waals surface area contributed by atoms with Gasteiger partial charge in [-0.15, -0.1) is 0 Å². The lowest BCUT2D eigenvalue weighted by atomic mass is 9.84. The molecule has 0 heterocycles. The predicted octanol–water partition coefficient (Wildman–Crippen LogP) is 4.63. The number of carbonyl (C=O) groups excluding carboxylic acids is 2. The summed E-state index contributed by atoms with van der Waals surface area (Å²) in [4.78, 5) is 25.0. The van der Waals surface area contributed by atoms with Crippen LogP contribution in [0.5, 0.6) is 0 Å². The zero-order valence-corrected chi connectivity index (χ0v) is 14.7. The van der Waals surface area contributed by atoms with Crippen molar-refractivity contribution in [3.05, 3.63) is 71.3 Å². The Morgan fingerprint density at radius 3 is 2.12 bits per heavy atom. The van der Waals surface area contributed by atoms with E-state index in [9.17, 15) is 18.4 Å². The fraction of sp³-hybridized carbons (Fsp3) is 0.300. The number of Topliss-reactive ketones (excluding diaryl/α,β-unsaturated/α-hetero) is 1. The maximum Gasteiger partial charge on any atom is 0.408 e. The average molecular weight is 361 g/mol. The minimum Gasteiger partial charge on any atom is -0.445 e. The van der Waals surface area contributed by atoms with Gasteiger partial charge >= 0.3 is 6.09 Å². The van der Waals surface area contributed by atoms with Gasteiger partial charge in [0.2, 0.25) is 0 Å². The van der Waals surface area contributed by atoms with Crippen molar-refractivity contribution in [2.24, 2.45) is 0 Å². The summed E-state index contributed by atoms with van der Waals surface area (Å²) in [5, 5.41) is 2.58. The third-order valence-corrected chi connectivity index (χ3v) is 4.32. The zero-order chi connectivity index (χ0) is 19.2. The minimum absolute atomic E-state index is 0.0545. The standard InChI is InChI=1S/C20H21F2NO3/c1-3-20(4-2,18(24)15-10-16(21)12-17(22)11-15)23-19(25)26-13-14-8-6-5-7-9-14/h5-12H,3-4,13H2,1-2H3,(H,23,25). The van der Waals surface area contributed by atoms with Gasteiger partial charge in [0.1, 0.15) is 23.8 Å². The molecule has 0 spiro atoms. The highest BCUT2D eigenvalue weighted by Gasteiger charge is 2.38. The lowest BCUT2D eigenvalue weighted by molar-refractivity contribution is 0.0793. The first kappa shape index (κ1) is 19.6. The Hall–Kier alpha value is -2.76. The lowest BCUT2D eigenvalue weighted by Gasteiger charge is -2.31. The summed E-state index contributed by atoms with van der Waals surface area (Å²) in [5.41, 5.74) is -0.622. The van der Waals surface area contributed by atoms with E-state index in [1.165, 1.54) is 0 Å². The van der Waals surface area contributed by atoms with Crippen LogP contribution in [-0.2, 0) is 11.3 Å². The van der Waals surface area contributed by atoms with Crippen LogP contribution < -0.4 is 5.32 Å². The number of amides is 1. The molecule has 0 saturated carbocycles. The second kappa shape index (κ2) is 8.56. The molecule has 0 aliphatic rings. The van der Waals surface area contributed by atoms with Gasteiger partial charge in [0.05, 0.1) is 0 Å². The Morgan fingerprint density at radius 2 is 1.58 bits per heavy atom. The third-order valence-electron chi connectivity index (χ3n) is 4.32. The number of ketones is 1. The number of benzene rings is 2. The van der Waals surface area contributed by atoms with Gasteiger partial charge in [-0.3, -0.25) is 4.79 Å². The van der Waals surface area contributed by atoms with Crippen molar-refractivity contribution in [3.63, 3.8) is 0 Å². The van der Waals surface area contributed by atoms with Crippen molar-refractivity contribution in [2.45, 2.75) is 38.8 Å². The van der Waals surface area contributed by atoms with Gasteiger partial charge < -0.3 is 10.1 Å². The number of alkyl carbamates (subject to hydrolysis) is 1.